The lowest BCUT2D eigenvalue weighted by Gasteiger charge is -2.26. The molecule has 1 unspecified atom stereocenters. The van der Waals surface area contributed by atoms with Gasteiger partial charge in [0.05, 0.1) is 46.4 Å². The molecule has 1 aliphatic carbocycles. The zero-order valence-electron chi connectivity index (χ0n) is 19.0. The van der Waals surface area contributed by atoms with Crippen LogP contribution in [0.15, 0.2) is 61.3 Å². The largest absolute Gasteiger partial charge is 0.418 e. The van der Waals surface area contributed by atoms with Crippen molar-refractivity contribution in [3.63, 3.8) is 0 Å². The normalized spacial score (nSPS) is 17.6. The molecule has 1 aliphatic rings. The van der Waals surface area contributed by atoms with Crippen LogP contribution in [0.4, 0.5) is 24.5 Å². The van der Waals surface area contributed by atoms with Crippen molar-refractivity contribution in [1.82, 2.24) is 20.3 Å². The summed E-state index contributed by atoms with van der Waals surface area (Å²) in [6.45, 7) is 0.0246. The summed E-state index contributed by atoms with van der Waals surface area (Å²) in [5.74, 6) is -0.843. The van der Waals surface area contributed by atoms with E-state index in [0.717, 1.165) is 6.07 Å². The maximum absolute atomic E-state index is 13.2. The van der Waals surface area contributed by atoms with Crippen LogP contribution in [0.3, 0.4) is 0 Å². The third kappa shape index (κ3) is 5.73. The van der Waals surface area contributed by atoms with Gasteiger partial charge >= 0.3 is 6.18 Å². The first kappa shape index (κ1) is 25.0. The first-order valence-corrected chi connectivity index (χ1v) is 11.1. The molecule has 1 amide bonds. The van der Waals surface area contributed by atoms with Gasteiger partial charge < -0.3 is 10.6 Å². The van der Waals surface area contributed by atoms with Gasteiger partial charge in [-0.25, -0.2) is 9.97 Å². The van der Waals surface area contributed by atoms with Crippen LogP contribution in [0.5, 0.6) is 0 Å². The Kier molecular flexibility index (Phi) is 7.09. The van der Waals surface area contributed by atoms with E-state index < -0.39 is 23.1 Å². The van der Waals surface area contributed by atoms with Gasteiger partial charge in [-0.3, -0.25) is 19.4 Å². The van der Waals surface area contributed by atoms with Crippen LogP contribution in [0, 0.1) is 5.41 Å². The Bertz CT molecular complexity index is 1270. The number of benzene rings is 1. The standard InChI is InChI=1S/C25H22F3N5O3/c26-25(27,28)20-3-1-2-4-21(20)33-18-6-5-17(31-14-18)13-32-23(36)24(8-7-19(34)9-24)10-22(35)16-11-29-15-30-12-16/h1-6,11-12,14-15,33H,7-10,13H2,(H,32,36). The summed E-state index contributed by atoms with van der Waals surface area (Å²) in [6.07, 6.45) is 1.17. The van der Waals surface area contributed by atoms with E-state index in [1.54, 1.807) is 12.1 Å². The van der Waals surface area contributed by atoms with Crippen molar-refractivity contribution in [3.8, 4) is 0 Å². The number of hydrogen-bond donors (Lipinski definition) is 2. The van der Waals surface area contributed by atoms with E-state index in [1.165, 1.54) is 43.1 Å². The molecule has 2 heterocycles. The van der Waals surface area contributed by atoms with Gasteiger partial charge in [0.1, 0.15) is 12.1 Å². The second-order valence-corrected chi connectivity index (χ2v) is 8.61. The highest BCUT2D eigenvalue weighted by atomic mass is 19.4. The number of anilines is 2. The summed E-state index contributed by atoms with van der Waals surface area (Å²) in [6, 6.07) is 8.23. The molecule has 2 aromatic heterocycles. The summed E-state index contributed by atoms with van der Waals surface area (Å²) in [5.41, 5.74) is -0.993. The fourth-order valence-corrected chi connectivity index (χ4v) is 4.17. The third-order valence-corrected chi connectivity index (χ3v) is 6.05. The molecule has 2 N–H and O–H groups in total. The summed E-state index contributed by atoms with van der Waals surface area (Å²) in [5, 5.41) is 5.46. The quantitative estimate of drug-likeness (QED) is 0.447. The highest BCUT2D eigenvalue weighted by Crippen LogP contribution is 2.40. The van der Waals surface area contributed by atoms with E-state index >= 15 is 0 Å². The van der Waals surface area contributed by atoms with Crippen LogP contribution < -0.4 is 10.6 Å². The minimum Gasteiger partial charge on any atom is -0.354 e. The molecular formula is C25H22F3N5O3. The van der Waals surface area contributed by atoms with Crippen LogP contribution in [-0.4, -0.2) is 32.4 Å². The average Bonchev–Trinajstić information content (AvgIpc) is 3.25. The molecule has 4 rings (SSSR count). The second-order valence-electron chi connectivity index (χ2n) is 8.61. The van der Waals surface area contributed by atoms with Gasteiger partial charge in [0.2, 0.25) is 5.91 Å². The molecule has 186 valence electrons. The van der Waals surface area contributed by atoms with Gasteiger partial charge in [0.15, 0.2) is 5.78 Å². The predicted molar refractivity (Wildman–Crippen MR) is 123 cm³/mol. The van der Waals surface area contributed by atoms with Gasteiger partial charge in [-0.05, 0) is 30.7 Å². The first-order chi connectivity index (χ1) is 17.2. The molecule has 0 aliphatic heterocycles. The Balaban J connectivity index is 1.41. The van der Waals surface area contributed by atoms with Crippen LogP contribution in [0.25, 0.3) is 0 Å². The molecule has 1 aromatic carbocycles. The predicted octanol–water partition coefficient (Wildman–Crippen LogP) is 4.26. The van der Waals surface area contributed by atoms with Crippen LogP contribution in [-0.2, 0) is 22.3 Å². The molecule has 36 heavy (non-hydrogen) atoms. The average molecular weight is 497 g/mol. The summed E-state index contributed by atoms with van der Waals surface area (Å²) >= 11 is 0. The highest BCUT2D eigenvalue weighted by Gasteiger charge is 2.46. The van der Waals surface area contributed by atoms with E-state index in [1.807, 2.05) is 0 Å². The lowest BCUT2D eigenvalue weighted by Crippen LogP contribution is -2.41. The van der Waals surface area contributed by atoms with E-state index in [-0.39, 0.29) is 55.0 Å². The Morgan fingerprint density at radius 1 is 1.03 bits per heavy atom. The van der Waals surface area contributed by atoms with E-state index in [9.17, 15) is 27.6 Å². The number of rotatable bonds is 8. The monoisotopic (exact) mass is 497 g/mol. The van der Waals surface area contributed by atoms with Crippen molar-refractivity contribution in [3.05, 3.63) is 78.1 Å². The molecule has 0 bridgehead atoms. The number of halogens is 3. The van der Waals surface area contributed by atoms with Crippen LogP contribution in [0.2, 0.25) is 0 Å². The van der Waals surface area contributed by atoms with Gasteiger partial charge in [-0.2, -0.15) is 13.2 Å². The van der Waals surface area contributed by atoms with Crippen molar-refractivity contribution >= 4 is 28.8 Å². The third-order valence-electron chi connectivity index (χ3n) is 6.05. The number of ketones is 2. The van der Waals surface area contributed by atoms with Gasteiger partial charge in [-0.1, -0.05) is 12.1 Å². The zero-order valence-corrected chi connectivity index (χ0v) is 19.0. The smallest absolute Gasteiger partial charge is 0.354 e. The van der Waals surface area contributed by atoms with Crippen molar-refractivity contribution < 1.29 is 27.6 Å². The van der Waals surface area contributed by atoms with Crippen molar-refractivity contribution in [2.75, 3.05) is 5.32 Å². The topological polar surface area (TPSA) is 114 Å². The molecule has 1 saturated carbocycles. The van der Waals surface area contributed by atoms with E-state index in [2.05, 4.69) is 25.6 Å². The molecule has 0 radical (unpaired) electrons. The molecule has 3 aromatic rings. The van der Waals surface area contributed by atoms with Gasteiger partial charge in [0.25, 0.3) is 0 Å². The highest BCUT2D eigenvalue weighted by molar-refractivity contribution is 6.02. The molecule has 11 heteroatoms. The SMILES string of the molecule is O=C1CCC(CC(=O)c2cncnc2)(C(=O)NCc2ccc(Nc3ccccc3C(F)(F)F)cn2)C1. The van der Waals surface area contributed by atoms with Gasteiger partial charge in [0, 0.05) is 31.7 Å². The summed E-state index contributed by atoms with van der Waals surface area (Å²) in [7, 11) is 0. The maximum atomic E-state index is 13.2. The number of alkyl halides is 3. The summed E-state index contributed by atoms with van der Waals surface area (Å²) < 4.78 is 39.6. The number of aromatic nitrogens is 3. The number of hydrogen-bond acceptors (Lipinski definition) is 7. The number of para-hydroxylation sites is 1. The number of pyridine rings is 1. The van der Waals surface area contributed by atoms with Crippen LogP contribution >= 0.6 is 0 Å². The molecule has 1 fully saturated rings. The Morgan fingerprint density at radius 2 is 1.78 bits per heavy atom. The molecule has 0 saturated heterocycles. The minimum absolute atomic E-state index is 0.0246. The molecule has 1 atom stereocenters. The lowest BCUT2D eigenvalue weighted by molar-refractivity contribution is -0.137. The first-order valence-electron chi connectivity index (χ1n) is 11.1. The number of carbonyl (C=O) groups excluding carboxylic acids is 3. The fraction of sp³-hybridized carbons (Fsp3) is 0.280. The van der Waals surface area contributed by atoms with E-state index in [0.29, 0.717) is 11.4 Å². The van der Waals surface area contributed by atoms with Crippen molar-refractivity contribution in [2.24, 2.45) is 5.41 Å². The molecule has 0 spiro atoms. The summed E-state index contributed by atoms with van der Waals surface area (Å²) in [4.78, 5) is 49.7. The Labute approximate surface area is 204 Å². The number of Topliss-reactive ketones (excluding diaryl/α,β-unsaturated/α-hetero) is 2. The minimum atomic E-state index is -4.51. The molecular weight excluding hydrogens is 475 g/mol. The fourth-order valence-electron chi connectivity index (χ4n) is 4.17. The van der Waals surface area contributed by atoms with Crippen LogP contribution in [0.1, 0.15) is 47.3 Å². The second kappa shape index (κ2) is 10.2. The Hall–Kier alpha value is -4.15. The maximum Gasteiger partial charge on any atom is 0.418 e. The molecule has 8 nitrogen and oxygen atoms in total. The number of nitrogens with one attached hydrogen (secondary N) is 2. The Morgan fingerprint density at radius 3 is 2.42 bits per heavy atom. The lowest BCUT2D eigenvalue weighted by atomic mass is 9.79. The van der Waals surface area contributed by atoms with Crippen molar-refractivity contribution in [2.45, 2.75) is 38.4 Å². The van der Waals surface area contributed by atoms with Gasteiger partial charge in [-0.15, -0.1) is 0 Å². The van der Waals surface area contributed by atoms with Crippen molar-refractivity contribution in [1.29, 1.82) is 0 Å². The number of amides is 1. The van der Waals surface area contributed by atoms with E-state index in [4.69, 9.17) is 0 Å². The number of nitrogens with zero attached hydrogens (tertiary/aromatic N) is 3. The zero-order chi connectivity index (χ0) is 25.8. The number of carbonyl (C=O) groups is 3.